The van der Waals surface area contributed by atoms with Crippen LogP contribution in [0.25, 0.3) is 0 Å². The third-order valence-corrected chi connectivity index (χ3v) is 7.57. The van der Waals surface area contributed by atoms with Crippen LogP contribution >= 0.6 is 0 Å². The van der Waals surface area contributed by atoms with Gasteiger partial charge >= 0.3 is 0 Å². The predicted molar refractivity (Wildman–Crippen MR) is 87.9 cm³/mol. The fourth-order valence-corrected chi connectivity index (χ4v) is 5.81. The Morgan fingerprint density at radius 1 is 1.05 bits per heavy atom. The molecule has 0 radical (unpaired) electrons. The molecule has 0 amide bonds. The highest BCUT2D eigenvalue weighted by atomic mass is 16.1. The normalized spacial score (nSPS) is 50.7. The maximum absolute atomic E-state index is 12.7. The Morgan fingerprint density at radius 3 is 2.48 bits per heavy atom. The minimum Gasteiger partial charge on any atom is -0.299 e. The lowest BCUT2D eigenvalue weighted by Crippen LogP contribution is -2.49. The molecule has 0 heterocycles. The van der Waals surface area contributed by atoms with Crippen molar-refractivity contribution in [1.29, 1.82) is 0 Å². The largest absolute Gasteiger partial charge is 0.299 e. The van der Waals surface area contributed by atoms with Crippen LogP contribution in [0.2, 0.25) is 0 Å². The van der Waals surface area contributed by atoms with Crippen molar-refractivity contribution < 1.29 is 4.79 Å². The van der Waals surface area contributed by atoms with Crippen molar-refractivity contribution in [3.05, 3.63) is 12.2 Å². The summed E-state index contributed by atoms with van der Waals surface area (Å²) in [4.78, 5) is 12.7. The molecule has 2 saturated carbocycles. The number of hydrogen-bond donors (Lipinski definition) is 0. The zero-order valence-corrected chi connectivity index (χ0v) is 14.5. The van der Waals surface area contributed by atoms with Crippen molar-refractivity contribution in [3.8, 4) is 0 Å². The van der Waals surface area contributed by atoms with Gasteiger partial charge in [-0.1, -0.05) is 39.8 Å². The van der Waals surface area contributed by atoms with E-state index in [-0.39, 0.29) is 5.41 Å². The molecule has 0 aromatic carbocycles. The second kappa shape index (κ2) is 4.96. The van der Waals surface area contributed by atoms with E-state index in [0.29, 0.717) is 29.0 Å². The van der Waals surface area contributed by atoms with Gasteiger partial charge in [-0.25, -0.2) is 0 Å². The van der Waals surface area contributed by atoms with Crippen molar-refractivity contribution in [2.24, 2.45) is 40.4 Å². The van der Waals surface area contributed by atoms with Gasteiger partial charge in [-0.15, -0.1) is 0 Å². The summed E-state index contributed by atoms with van der Waals surface area (Å²) >= 11 is 0. The first-order valence-corrected chi connectivity index (χ1v) is 8.99. The van der Waals surface area contributed by atoms with Crippen LogP contribution < -0.4 is 0 Å². The molecule has 0 aromatic heterocycles. The number of Topliss-reactive ketones (excluding diaryl/α,β-unsaturated/α-hetero) is 1. The molecule has 2 bridgehead atoms. The summed E-state index contributed by atoms with van der Waals surface area (Å²) in [5.41, 5.74) is 0.192. The predicted octanol–water partition coefficient (Wildman–Crippen LogP) is 5.26. The lowest BCUT2D eigenvalue weighted by atomic mass is 9.50. The molecule has 0 unspecified atom stereocenters. The summed E-state index contributed by atoms with van der Waals surface area (Å²) in [5, 5.41) is 0. The average molecular weight is 288 g/mol. The Bertz CT molecular complexity index is 460. The molecular weight excluding hydrogens is 256 g/mol. The molecule has 3 aliphatic rings. The van der Waals surface area contributed by atoms with Gasteiger partial charge in [0, 0.05) is 11.8 Å². The Kier molecular flexibility index (Phi) is 3.62. The molecule has 0 N–H and O–H groups in total. The number of hydrogen-bond acceptors (Lipinski definition) is 1. The van der Waals surface area contributed by atoms with Crippen LogP contribution in [0.15, 0.2) is 12.2 Å². The number of allylic oxidation sites excluding steroid dienone is 2. The lowest BCUT2D eigenvalue weighted by molar-refractivity contribution is -0.134. The van der Waals surface area contributed by atoms with Gasteiger partial charge in [0.25, 0.3) is 0 Å². The molecular formula is C20H32O. The van der Waals surface area contributed by atoms with E-state index in [0.717, 1.165) is 24.7 Å². The fraction of sp³-hybridized carbons (Fsp3) is 0.850. The van der Waals surface area contributed by atoms with Gasteiger partial charge < -0.3 is 0 Å². The first-order valence-electron chi connectivity index (χ1n) is 8.99. The van der Waals surface area contributed by atoms with Gasteiger partial charge in [0.15, 0.2) is 0 Å². The Morgan fingerprint density at radius 2 is 1.76 bits per heavy atom. The molecule has 1 heteroatoms. The number of fused-ring (bicyclic) bond motifs is 3. The topological polar surface area (TPSA) is 17.1 Å². The van der Waals surface area contributed by atoms with Crippen LogP contribution in [0.5, 0.6) is 0 Å². The second-order valence-electron chi connectivity index (χ2n) is 9.02. The van der Waals surface area contributed by atoms with E-state index >= 15 is 0 Å². The van der Waals surface area contributed by atoms with Gasteiger partial charge in [0.05, 0.1) is 0 Å². The fourth-order valence-electron chi connectivity index (χ4n) is 5.81. The third-order valence-electron chi connectivity index (χ3n) is 7.57. The molecule has 1 nitrogen and oxygen atoms in total. The summed E-state index contributed by atoms with van der Waals surface area (Å²) in [7, 11) is 0. The molecule has 118 valence electrons. The Hall–Kier alpha value is -0.590. The SMILES string of the molecule is C[C@@H]1CC[C@H]2C[C@@H]3[C@H](C)CCC(=O)[C@@]3(C)/C=C\[C@H]1C2(C)C. The molecule has 3 aliphatic carbocycles. The van der Waals surface area contributed by atoms with Gasteiger partial charge in [-0.2, -0.15) is 0 Å². The summed E-state index contributed by atoms with van der Waals surface area (Å²) < 4.78 is 0. The molecule has 0 aliphatic heterocycles. The molecule has 0 saturated heterocycles. The maximum Gasteiger partial charge on any atom is 0.142 e. The van der Waals surface area contributed by atoms with Crippen LogP contribution in [-0.2, 0) is 4.79 Å². The molecule has 0 aromatic rings. The number of ketones is 1. The highest BCUT2D eigenvalue weighted by Crippen LogP contribution is 2.57. The quantitative estimate of drug-likeness (QED) is 0.556. The van der Waals surface area contributed by atoms with E-state index in [1.165, 1.54) is 19.3 Å². The summed E-state index contributed by atoms with van der Waals surface area (Å²) in [5.74, 6) is 3.90. The lowest BCUT2D eigenvalue weighted by Gasteiger charge is -2.54. The van der Waals surface area contributed by atoms with Crippen LogP contribution in [0.1, 0.15) is 66.7 Å². The monoisotopic (exact) mass is 288 g/mol. The second-order valence-corrected chi connectivity index (χ2v) is 9.02. The Balaban J connectivity index is 2.06. The van der Waals surface area contributed by atoms with Crippen molar-refractivity contribution in [3.63, 3.8) is 0 Å². The van der Waals surface area contributed by atoms with Crippen LogP contribution in [0.3, 0.4) is 0 Å². The summed E-state index contributed by atoms with van der Waals surface area (Å²) in [6.45, 7) is 12.0. The van der Waals surface area contributed by atoms with Gasteiger partial charge in [0.2, 0.25) is 0 Å². The van der Waals surface area contributed by atoms with E-state index in [2.05, 4.69) is 46.8 Å². The third kappa shape index (κ3) is 2.23. The van der Waals surface area contributed by atoms with Crippen molar-refractivity contribution in [1.82, 2.24) is 0 Å². The number of rotatable bonds is 0. The first kappa shape index (κ1) is 15.3. The Labute approximate surface area is 130 Å². The molecule has 21 heavy (non-hydrogen) atoms. The number of carbonyl (C=O) groups is 1. The maximum atomic E-state index is 12.7. The minimum atomic E-state index is -0.193. The van der Waals surface area contributed by atoms with Crippen LogP contribution in [-0.4, -0.2) is 5.78 Å². The van der Waals surface area contributed by atoms with Gasteiger partial charge in [-0.05, 0) is 67.6 Å². The zero-order chi connectivity index (χ0) is 15.4. The van der Waals surface area contributed by atoms with Gasteiger partial charge in [0.1, 0.15) is 5.78 Å². The molecule has 0 spiro atoms. The van der Waals surface area contributed by atoms with E-state index in [9.17, 15) is 4.79 Å². The van der Waals surface area contributed by atoms with E-state index in [1.54, 1.807) is 0 Å². The van der Waals surface area contributed by atoms with Crippen molar-refractivity contribution >= 4 is 5.78 Å². The summed E-state index contributed by atoms with van der Waals surface area (Å²) in [6.07, 6.45) is 10.6. The van der Waals surface area contributed by atoms with Gasteiger partial charge in [-0.3, -0.25) is 4.79 Å². The standard InChI is InChI=1S/C20H32O/c1-13-6-8-15-12-17-14(2)7-9-18(21)20(17,5)11-10-16(13)19(15,3)4/h10-11,13-17H,6-9,12H2,1-5H3/b11-10-/t13-,14-,15+,16-,17-,20+/m1/s1. The highest BCUT2D eigenvalue weighted by Gasteiger charge is 2.51. The highest BCUT2D eigenvalue weighted by molar-refractivity contribution is 5.87. The molecule has 2 fully saturated rings. The van der Waals surface area contributed by atoms with E-state index < -0.39 is 0 Å². The number of carbonyl (C=O) groups excluding carboxylic acids is 1. The molecule has 6 atom stereocenters. The smallest absolute Gasteiger partial charge is 0.142 e. The van der Waals surface area contributed by atoms with Crippen LogP contribution in [0.4, 0.5) is 0 Å². The molecule has 3 rings (SSSR count). The average Bonchev–Trinajstić information content (AvgIpc) is 2.40. The first-order chi connectivity index (χ1) is 9.76. The zero-order valence-electron chi connectivity index (χ0n) is 14.5. The van der Waals surface area contributed by atoms with Crippen molar-refractivity contribution in [2.75, 3.05) is 0 Å². The van der Waals surface area contributed by atoms with Crippen molar-refractivity contribution in [2.45, 2.75) is 66.7 Å². The summed E-state index contributed by atoms with van der Waals surface area (Å²) in [6, 6.07) is 0. The van der Waals surface area contributed by atoms with Crippen LogP contribution in [0, 0.1) is 40.4 Å². The minimum absolute atomic E-state index is 0.193. The van der Waals surface area contributed by atoms with E-state index in [4.69, 9.17) is 0 Å². The van der Waals surface area contributed by atoms with E-state index in [1.807, 2.05) is 0 Å².